The normalized spacial score (nSPS) is 11.5. The van der Waals surface area contributed by atoms with Gasteiger partial charge in [0.15, 0.2) is 11.6 Å². The van der Waals surface area contributed by atoms with E-state index in [1.165, 1.54) is 6.07 Å². The number of benzene rings is 6. The molecule has 0 radical (unpaired) electrons. The number of phosphoric acid groups is 2. The Morgan fingerprint density at radius 3 is 1.30 bits per heavy atom. The van der Waals surface area contributed by atoms with Gasteiger partial charge in [-0.05, 0) is 73.5 Å². The molecule has 14 nitrogen and oxygen atoms in total. The molecule has 328 valence electrons. The minimum Gasteiger partial charge on any atom is -0.403 e. The molecule has 0 bridgehead atoms. The Morgan fingerprint density at radius 1 is 0.500 bits per heavy atom. The molecule has 0 aliphatic carbocycles. The molecule has 2 N–H and O–H groups in total. The minimum absolute atomic E-state index is 0.0343. The van der Waals surface area contributed by atoms with Gasteiger partial charge in [-0.2, -0.15) is 0 Å². The van der Waals surface area contributed by atoms with Crippen LogP contribution in [0.4, 0.5) is 11.6 Å². The van der Waals surface area contributed by atoms with Crippen LogP contribution in [0.15, 0.2) is 146 Å². The highest BCUT2D eigenvalue weighted by Crippen LogP contribution is 2.52. The predicted molar refractivity (Wildman–Crippen MR) is 251 cm³/mol. The number of fused-ring (bicyclic) bond motifs is 2. The van der Waals surface area contributed by atoms with Crippen LogP contribution in [0.5, 0.6) is 11.5 Å². The van der Waals surface area contributed by atoms with Crippen LogP contribution in [-0.2, 0) is 31.4 Å². The van der Waals surface area contributed by atoms with Crippen LogP contribution in [0.2, 0.25) is 0 Å². The number of para-hydroxylation sites is 2. The number of hydrogen-bond acceptors (Lipinski definition) is 12. The van der Waals surface area contributed by atoms with Crippen molar-refractivity contribution >= 4 is 49.1 Å². The van der Waals surface area contributed by atoms with Crippen molar-refractivity contribution in [2.75, 3.05) is 38.0 Å². The fourth-order valence-corrected chi connectivity index (χ4v) is 8.24. The van der Waals surface area contributed by atoms with Crippen LogP contribution >= 0.6 is 15.6 Å². The molecule has 0 unspecified atom stereocenters. The first-order valence-electron chi connectivity index (χ1n) is 20.2. The molecule has 2 heterocycles. The van der Waals surface area contributed by atoms with Crippen LogP contribution in [0.1, 0.15) is 22.3 Å². The molecule has 0 amide bonds. The number of hydrogen-bond donors (Lipinski definition) is 2. The van der Waals surface area contributed by atoms with E-state index < -0.39 is 15.6 Å². The summed E-state index contributed by atoms with van der Waals surface area (Å²) < 4.78 is 47.8. The SMILES string of the molecule is Cc1ccc2nc(-c3ccccc3OP(=O)(O)O)nc(N(C)C)c2c1.Cc1ccc2nc(-c3ccccc3OP(=O)(OCc3ccccc3)OCc3ccccc3)nc(N(C)C)c2c1. The summed E-state index contributed by atoms with van der Waals surface area (Å²) >= 11 is 0. The molecule has 0 fully saturated rings. The third-order valence-electron chi connectivity index (χ3n) is 9.66. The van der Waals surface area contributed by atoms with Gasteiger partial charge in [0.25, 0.3) is 0 Å². The van der Waals surface area contributed by atoms with Gasteiger partial charge in [0.2, 0.25) is 0 Å². The first-order valence-corrected chi connectivity index (χ1v) is 23.2. The Bertz CT molecular complexity index is 2940. The first kappa shape index (κ1) is 45.5. The largest absolute Gasteiger partial charge is 0.530 e. The molecule has 0 atom stereocenters. The molecule has 16 heteroatoms. The van der Waals surface area contributed by atoms with E-state index in [0.29, 0.717) is 28.5 Å². The second kappa shape index (κ2) is 19.9. The number of aryl methyl sites for hydroxylation is 2. The van der Waals surface area contributed by atoms with Crippen molar-refractivity contribution in [3.8, 4) is 34.3 Å². The highest BCUT2D eigenvalue weighted by molar-refractivity contribution is 7.48. The van der Waals surface area contributed by atoms with Gasteiger partial charge in [-0.1, -0.05) is 108 Å². The van der Waals surface area contributed by atoms with Crippen molar-refractivity contribution < 1.29 is 37.0 Å². The average Bonchev–Trinajstić information content (AvgIpc) is 3.28. The summed E-state index contributed by atoms with van der Waals surface area (Å²) in [5.41, 5.74) is 6.45. The highest BCUT2D eigenvalue weighted by Gasteiger charge is 2.31. The Hall–Kier alpha value is -6.50. The lowest BCUT2D eigenvalue weighted by molar-refractivity contribution is 0.143. The zero-order valence-electron chi connectivity index (χ0n) is 36.2. The lowest BCUT2D eigenvalue weighted by atomic mass is 10.1. The number of nitrogens with zero attached hydrogens (tertiary/aromatic N) is 6. The maximum Gasteiger partial charge on any atom is 0.530 e. The smallest absolute Gasteiger partial charge is 0.403 e. The van der Waals surface area contributed by atoms with Crippen molar-refractivity contribution in [2.24, 2.45) is 0 Å². The molecule has 0 aliphatic heterocycles. The molecule has 0 saturated carbocycles. The van der Waals surface area contributed by atoms with E-state index in [0.717, 1.165) is 55.7 Å². The zero-order chi connectivity index (χ0) is 45.4. The van der Waals surface area contributed by atoms with E-state index >= 15 is 0 Å². The number of aromatic nitrogens is 4. The molecular formula is C48H48N6O8P2. The second-order valence-electron chi connectivity index (χ2n) is 15.2. The van der Waals surface area contributed by atoms with Gasteiger partial charge < -0.3 is 18.8 Å². The predicted octanol–water partition coefficient (Wildman–Crippen LogP) is 10.7. The molecule has 8 rings (SSSR count). The van der Waals surface area contributed by atoms with Crippen LogP contribution in [-0.4, -0.2) is 57.9 Å². The van der Waals surface area contributed by atoms with Crippen molar-refractivity contribution in [2.45, 2.75) is 27.1 Å². The van der Waals surface area contributed by atoms with Gasteiger partial charge >= 0.3 is 15.6 Å². The summed E-state index contributed by atoms with van der Waals surface area (Å²) in [5.74, 6) is 2.62. The summed E-state index contributed by atoms with van der Waals surface area (Å²) in [6.07, 6.45) is 0. The van der Waals surface area contributed by atoms with E-state index in [-0.39, 0.29) is 19.0 Å². The van der Waals surface area contributed by atoms with E-state index in [9.17, 15) is 9.13 Å². The Balaban J connectivity index is 0.000000211. The molecule has 6 aromatic carbocycles. The van der Waals surface area contributed by atoms with E-state index in [1.54, 1.807) is 30.3 Å². The maximum atomic E-state index is 14.0. The lowest BCUT2D eigenvalue weighted by Crippen LogP contribution is -2.12. The third-order valence-corrected chi connectivity index (χ3v) is 11.4. The van der Waals surface area contributed by atoms with Gasteiger partial charge in [0.1, 0.15) is 23.1 Å². The summed E-state index contributed by atoms with van der Waals surface area (Å²) in [5, 5.41) is 1.85. The Morgan fingerprint density at radius 2 is 0.891 bits per heavy atom. The fourth-order valence-electron chi connectivity index (χ4n) is 6.63. The van der Waals surface area contributed by atoms with Crippen molar-refractivity contribution in [3.63, 3.8) is 0 Å². The van der Waals surface area contributed by atoms with E-state index in [1.807, 2.05) is 155 Å². The molecule has 64 heavy (non-hydrogen) atoms. The maximum absolute atomic E-state index is 14.0. The van der Waals surface area contributed by atoms with E-state index in [4.69, 9.17) is 37.8 Å². The second-order valence-corrected chi connectivity index (χ2v) is 18.0. The number of rotatable bonds is 14. The fraction of sp³-hybridized carbons (Fsp3) is 0.167. The van der Waals surface area contributed by atoms with Gasteiger partial charge in [-0.3, -0.25) is 18.8 Å². The molecule has 8 aromatic rings. The quantitative estimate of drug-likeness (QED) is 0.0988. The van der Waals surface area contributed by atoms with Crippen molar-refractivity contribution in [1.82, 2.24) is 19.9 Å². The molecule has 2 aromatic heterocycles. The monoisotopic (exact) mass is 898 g/mol. The first-order chi connectivity index (χ1) is 30.6. The van der Waals surface area contributed by atoms with Gasteiger partial charge in [-0.25, -0.2) is 29.1 Å². The Labute approximate surface area is 372 Å². The standard InChI is InChI=1S/C31H30N3O4P.C17H18N3O4P/c1-23-18-19-28-27(20-23)31(34(2)3)33-30(32-28)26-16-10-11-17-29(26)38-39(35,36-21-24-12-6-4-7-13-24)37-22-25-14-8-5-9-15-25;1-11-8-9-14-13(10-11)17(20(2)3)19-16(18-14)12-6-4-5-7-15(12)24-25(21,22)23/h4-20H,21-22H2,1-3H3;4-10H,1-3H3,(H2,21,22,23). The van der Waals surface area contributed by atoms with Gasteiger partial charge in [-0.15, -0.1) is 0 Å². The summed E-state index contributed by atoms with van der Waals surface area (Å²) in [7, 11) is -1.11. The Kier molecular flexibility index (Phi) is 14.2. The number of phosphoric ester groups is 2. The number of anilines is 2. The molecule has 0 aliphatic rings. The van der Waals surface area contributed by atoms with Crippen LogP contribution in [0, 0.1) is 13.8 Å². The summed E-state index contributed by atoms with van der Waals surface area (Å²) in [6, 6.07) is 44.6. The molecule has 0 spiro atoms. The van der Waals surface area contributed by atoms with Crippen molar-refractivity contribution in [3.05, 3.63) is 168 Å². The van der Waals surface area contributed by atoms with Crippen molar-refractivity contribution in [1.29, 1.82) is 0 Å². The minimum atomic E-state index is -4.69. The average molecular weight is 899 g/mol. The third kappa shape index (κ3) is 11.5. The summed E-state index contributed by atoms with van der Waals surface area (Å²) in [6.45, 7) is 4.16. The highest BCUT2D eigenvalue weighted by atomic mass is 31.2. The lowest BCUT2D eigenvalue weighted by Gasteiger charge is -2.21. The molecular weight excluding hydrogens is 851 g/mol. The molecule has 0 saturated heterocycles. The van der Waals surface area contributed by atoms with Crippen LogP contribution < -0.4 is 18.8 Å². The van der Waals surface area contributed by atoms with Gasteiger partial charge in [0, 0.05) is 39.0 Å². The van der Waals surface area contributed by atoms with Crippen LogP contribution in [0.25, 0.3) is 44.6 Å². The summed E-state index contributed by atoms with van der Waals surface area (Å²) in [4.78, 5) is 40.9. The van der Waals surface area contributed by atoms with Gasteiger partial charge in [0.05, 0.1) is 35.4 Å². The van der Waals surface area contributed by atoms with E-state index in [2.05, 4.69) is 16.0 Å². The zero-order valence-corrected chi connectivity index (χ0v) is 38.0. The van der Waals surface area contributed by atoms with Crippen LogP contribution in [0.3, 0.4) is 0 Å². The topological polar surface area (TPSA) is 170 Å².